The van der Waals surface area contributed by atoms with E-state index in [0.29, 0.717) is 6.04 Å². The van der Waals surface area contributed by atoms with E-state index in [0.717, 1.165) is 48.5 Å². The molecule has 0 unspecified atom stereocenters. The maximum absolute atomic E-state index is 13.2. The van der Waals surface area contributed by atoms with Gasteiger partial charge in [-0.05, 0) is 52.1 Å². The zero-order chi connectivity index (χ0) is 15.5. The van der Waals surface area contributed by atoms with Crippen molar-refractivity contribution < 1.29 is 9.30 Å². The lowest BCUT2D eigenvalue weighted by Gasteiger charge is -2.33. The number of rotatable bonds is 5. The lowest BCUT2D eigenvalue weighted by molar-refractivity contribution is 0.274. The molecule has 4 nitrogen and oxygen atoms in total. The molecular formula is C16H27N2O2P. The first-order valence-electron chi connectivity index (χ1n) is 7.67. The standard InChI is InChI=1S/C16H27N2O2P/c1-5-17-15-7-6-14(12-16(15)20-4)21(19)10-8-13(9-11-21)18(2)3/h6-7,12-13,17H,5,8-11H2,1-4H3. The Labute approximate surface area is 128 Å². The van der Waals surface area contributed by atoms with Crippen LogP contribution in [0.2, 0.25) is 0 Å². The van der Waals surface area contributed by atoms with Crippen LogP contribution in [0.3, 0.4) is 0 Å². The minimum Gasteiger partial charge on any atom is -0.495 e. The van der Waals surface area contributed by atoms with Gasteiger partial charge >= 0.3 is 0 Å². The zero-order valence-electron chi connectivity index (χ0n) is 13.6. The summed E-state index contributed by atoms with van der Waals surface area (Å²) in [5.74, 6) is 0.791. The molecule has 118 valence electrons. The van der Waals surface area contributed by atoms with Crippen LogP contribution in [0, 0.1) is 0 Å². The summed E-state index contributed by atoms with van der Waals surface area (Å²) in [5, 5.41) is 4.24. The minimum atomic E-state index is -2.26. The molecule has 0 atom stereocenters. The number of hydrogen-bond donors (Lipinski definition) is 1. The molecule has 1 aliphatic heterocycles. The molecule has 1 fully saturated rings. The van der Waals surface area contributed by atoms with Gasteiger partial charge < -0.3 is 19.5 Å². The van der Waals surface area contributed by atoms with Gasteiger partial charge in [-0.25, -0.2) is 0 Å². The summed E-state index contributed by atoms with van der Waals surface area (Å²) in [4.78, 5) is 2.25. The summed E-state index contributed by atoms with van der Waals surface area (Å²) < 4.78 is 18.7. The van der Waals surface area contributed by atoms with E-state index >= 15 is 0 Å². The highest BCUT2D eigenvalue weighted by Gasteiger charge is 2.32. The third-order valence-electron chi connectivity index (χ3n) is 4.40. The molecule has 2 rings (SSSR count). The van der Waals surface area contributed by atoms with E-state index < -0.39 is 7.14 Å². The van der Waals surface area contributed by atoms with Crippen LogP contribution in [-0.2, 0) is 4.57 Å². The molecule has 1 aromatic rings. The number of hydrogen-bond acceptors (Lipinski definition) is 4. The predicted octanol–water partition coefficient (Wildman–Crippen LogP) is 2.84. The molecule has 0 saturated carbocycles. The maximum atomic E-state index is 13.2. The Balaban J connectivity index is 2.20. The summed E-state index contributed by atoms with van der Waals surface area (Å²) >= 11 is 0. The molecule has 21 heavy (non-hydrogen) atoms. The second-order valence-corrected chi connectivity index (χ2v) is 9.14. The molecule has 1 N–H and O–H groups in total. The van der Waals surface area contributed by atoms with Gasteiger partial charge in [0.15, 0.2) is 0 Å². The van der Waals surface area contributed by atoms with Gasteiger partial charge in [-0.15, -0.1) is 0 Å². The summed E-state index contributed by atoms with van der Waals surface area (Å²) in [5.41, 5.74) is 0.971. The van der Waals surface area contributed by atoms with E-state index in [9.17, 15) is 4.57 Å². The molecule has 1 aromatic carbocycles. The average molecular weight is 310 g/mol. The van der Waals surface area contributed by atoms with Crippen LogP contribution >= 0.6 is 7.14 Å². The van der Waals surface area contributed by atoms with Crippen molar-refractivity contribution >= 4 is 18.1 Å². The Bertz CT molecular complexity index is 519. The maximum Gasteiger partial charge on any atom is 0.142 e. The fraction of sp³-hybridized carbons (Fsp3) is 0.625. The molecule has 0 amide bonds. The molecule has 0 spiro atoms. The number of benzene rings is 1. The summed E-state index contributed by atoms with van der Waals surface area (Å²) in [6.07, 6.45) is 3.64. The quantitative estimate of drug-likeness (QED) is 0.849. The number of methoxy groups -OCH3 is 1. The smallest absolute Gasteiger partial charge is 0.142 e. The van der Waals surface area contributed by atoms with Crippen LogP contribution in [0.4, 0.5) is 5.69 Å². The third-order valence-corrected chi connectivity index (χ3v) is 7.58. The van der Waals surface area contributed by atoms with E-state index in [1.807, 2.05) is 18.2 Å². The molecule has 0 aromatic heterocycles. The first kappa shape index (κ1) is 16.4. The lowest BCUT2D eigenvalue weighted by atomic mass is 10.1. The molecule has 1 aliphatic rings. The van der Waals surface area contributed by atoms with E-state index in [4.69, 9.17) is 4.74 Å². The van der Waals surface area contributed by atoms with Crippen molar-refractivity contribution in [1.82, 2.24) is 4.90 Å². The van der Waals surface area contributed by atoms with Gasteiger partial charge in [-0.3, -0.25) is 0 Å². The third kappa shape index (κ3) is 3.61. The molecule has 0 bridgehead atoms. The highest BCUT2D eigenvalue weighted by Crippen LogP contribution is 2.50. The van der Waals surface area contributed by atoms with Crippen molar-refractivity contribution in [3.05, 3.63) is 18.2 Å². The van der Waals surface area contributed by atoms with Gasteiger partial charge in [0, 0.05) is 30.2 Å². The fourth-order valence-corrected chi connectivity index (χ4v) is 5.88. The molecule has 1 heterocycles. The number of anilines is 1. The van der Waals surface area contributed by atoms with Crippen LogP contribution in [0.15, 0.2) is 18.2 Å². The second-order valence-electron chi connectivity index (χ2n) is 5.95. The van der Waals surface area contributed by atoms with Gasteiger partial charge in [0.1, 0.15) is 12.9 Å². The second kappa shape index (κ2) is 6.85. The zero-order valence-corrected chi connectivity index (χ0v) is 14.5. The van der Waals surface area contributed by atoms with E-state index in [1.54, 1.807) is 7.11 Å². The summed E-state index contributed by atoms with van der Waals surface area (Å²) in [6.45, 7) is 2.90. The Morgan fingerprint density at radius 2 is 2.00 bits per heavy atom. The van der Waals surface area contributed by atoms with Crippen molar-refractivity contribution in [3.8, 4) is 5.75 Å². The summed E-state index contributed by atoms with van der Waals surface area (Å²) in [7, 11) is 3.62. The Morgan fingerprint density at radius 3 is 2.52 bits per heavy atom. The van der Waals surface area contributed by atoms with E-state index in [2.05, 4.69) is 31.2 Å². The monoisotopic (exact) mass is 310 g/mol. The minimum absolute atomic E-state index is 0.565. The van der Waals surface area contributed by atoms with E-state index in [1.165, 1.54) is 0 Å². The number of nitrogens with zero attached hydrogens (tertiary/aromatic N) is 1. The van der Waals surface area contributed by atoms with Crippen LogP contribution < -0.4 is 15.4 Å². The largest absolute Gasteiger partial charge is 0.495 e. The Hall–Kier alpha value is -0.990. The number of nitrogens with one attached hydrogen (secondary N) is 1. The van der Waals surface area contributed by atoms with Gasteiger partial charge in [-0.2, -0.15) is 0 Å². The van der Waals surface area contributed by atoms with Crippen molar-refractivity contribution in [2.45, 2.75) is 25.8 Å². The number of ether oxygens (including phenoxy) is 1. The molecule has 0 radical (unpaired) electrons. The fourth-order valence-electron chi connectivity index (χ4n) is 3.02. The Morgan fingerprint density at radius 1 is 1.33 bits per heavy atom. The SMILES string of the molecule is CCNc1ccc(P2(=O)CCC(N(C)C)CC2)cc1OC. The van der Waals surface area contributed by atoms with Crippen molar-refractivity contribution in [1.29, 1.82) is 0 Å². The first-order valence-corrected chi connectivity index (χ1v) is 9.75. The van der Waals surface area contributed by atoms with Gasteiger partial charge in [0.25, 0.3) is 0 Å². The molecule has 1 saturated heterocycles. The van der Waals surface area contributed by atoms with E-state index in [-0.39, 0.29) is 0 Å². The predicted molar refractivity (Wildman–Crippen MR) is 90.8 cm³/mol. The van der Waals surface area contributed by atoms with Crippen molar-refractivity contribution in [3.63, 3.8) is 0 Å². The molecule has 0 aliphatic carbocycles. The first-order chi connectivity index (χ1) is 10.00. The van der Waals surface area contributed by atoms with Crippen LogP contribution in [-0.4, -0.2) is 51.0 Å². The molecular weight excluding hydrogens is 283 g/mol. The highest BCUT2D eigenvalue weighted by atomic mass is 31.2. The van der Waals surface area contributed by atoms with Crippen molar-refractivity contribution in [2.75, 3.05) is 45.4 Å². The normalized spacial score (nSPS) is 25.9. The van der Waals surface area contributed by atoms with Crippen LogP contribution in [0.1, 0.15) is 19.8 Å². The molecule has 5 heteroatoms. The van der Waals surface area contributed by atoms with Crippen LogP contribution in [0.5, 0.6) is 5.75 Å². The summed E-state index contributed by atoms with van der Waals surface area (Å²) in [6, 6.07) is 6.54. The Kier molecular flexibility index (Phi) is 5.34. The van der Waals surface area contributed by atoms with Crippen molar-refractivity contribution in [2.24, 2.45) is 0 Å². The van der Waals surface area contributed by atoms with Crippen LogP contribution in [0.25, 0.3) is 0 Å². The van der Waals surface area contributed by atoms with Gasteiger partial charge in [-0.1, -0.05) is 0 Å². The topological polar surface area (TPSA) is 41.6 Å². The lowest BCUT2D eigenvalue weighted by Crippen LogP contribution is -2.34. The van der Waals surface area contributed by atoms with Gasteiger partial charge in [0.05, 0.1) is 12.8 Å². The highest BCUT2D eigenvalue weighted by molar-refractivity contribution is 7.71. The average Bonchev–Trinajstić information content (AvgIpc) is 2.48. The van der Waals surface area contributed by atoms with Gasteiger partial charge in [0.2, 0.25) is 0 Å².